The van der Waals surface area contributed by atoms with Crippen molar-refractivity contribution in [1.29, 1.82) is 0 Å². The first-order valence-electron chi connectivity index (χ1n) is 6.91. The number of hydrogen-bond acceptors (Lipinski definition) is 4. The average Bonchev–Trinajstić information content (AvgIpc) is 2.34. The van der Waals surface area contributed by atoms with Crippen LogP contribution >= 0.6 is 0 Å². The maximum Gasteiger partial charge on any atom is 0.408 e. The van der Waals surface area contributed by atoms with Gasteiger partial charge in [0.25, 0.3) is 0 Å². The summed E-state index contributed by atoms with van der Waals surface area (Å²) in [4.78, 5) is 23.6. The summed E-state index contributed by atoms with van der Waals surface area (Å²) >= 11 is 0. The maximum atomic E-state index is 11.8. The van der Waals surface area contributed by atoms with Crippen LogP contribution in [0.1, 0.15) is 52.9 Å². The zero-order valence-corrected chi connectivity index (χ0v) is 12.3. The van der Waals surface area contributed by atoms with Gasteiger partial charge in [-0.05, 0) is 39.5 Å². The van der Waals surface area contributed by atoms with Crippen LogP contribution in [0, 0.1) is 5.92 Å². The molecular formula is C14H25NO4. The molecule has 1 saturated carbocycles. The average molecular weight is 271 g/mol. The smallest absolute Gasteiger partial charge is 0.408 e. The van der Waals surface area contributed by atoms with Crippen molar-refractivity contribution in [3.05, 3.63) is 0 Å². The highest BCUT2D eigenvalue weighted by atomic mass is 16.6. The van der Waals surface area contributed by atoms with Gasteiger partial charge in [0.15, 0.2) is 0 Å². The van der Waals surface area contributed by atoms with Crippen LogP contribution < -0.4 is 5.32 Å². The first-order chi connectivity index (χ1) is 8.83. The summed E-state index contributed by atoms with van der Waals surface area (Å²) in [6.07, 6.45) is 4.69. The minimum atomic E-state index is -0.597. The predicted octanol–water partition coefficient (Wildman–Crippen LogP) is 2.63. The van der Waals surface area contributed by atoms with Gasteiger partial charge in [-0.15, -0.1) is 0 Å². The second-order valence-corrected chi connectivity index (χ2v) is 6.05. The second kappa shape index (κ2) is 6.78. The van der Waals surface area contributed by atoms with Crippen molar-refractivity contribution in [3.8, 4) is 0 Å². The summed E-state index contributed by atoms with van der Waals surface area (Å²) in [5.41, 5.74) is -0.572. The number of hydrogen-bond donors (Lipinski definition) is 1. The molecule has 1 atom stereocenters. The van der Waals surface area contributed by atoms with E-state index in [4.69, 9.17) is 9.47 Å². The van der Waals surface area contributed by atoms with Gasteiger partial charge >= 0.3 is 12.1 Å². The number of alkyl carbamates (subject to hydrolysis) is 1. The fourth-order valence-electron chi connectivity index (χ4n) is 2.40. The molecule has 1 N–H and O–H groups in total. The monoisotopic (exact) mass is 271 g/mol. The quantitative estimate of drug-likeness (QED) is 0.801. The third-order valence-corrected chi connectivity index (χ3v) is 3.25. The minimum absolute atomic E-state index is 0.147. The number of amides is 1. The van der Waals surface area contributed by atoms with Crippen molar-refractivity contribution in [1.82, 2.24) is 5.32 Å². The number of rotatable bonds is 3. The third-order valence-electron chi connectivity index (χ3n) is 3.25. The van der Waals surface area contributed by atoms with Crippen molar-refractivity contribution >= 4 is 12.1 Å². The van der Waals surface area contributed by atoms with Gasteiger partial charge < -0.3 is 14.8 Å². The molecule has 0 spiro atoms. The van der Waals surface area contributed by atoms with Crippen molar-refractivity contribution < 1.29 is 19.1 Å². The van der Waals surface area contributed by atoms with Gasteiger partial charge in [-0.3, -0.25) is 0 Å². The number of ether oxygens (including phenoxy) is 2. The van der Waals surface area contributed by atoms with Crippen LogP contribution in [-0.2, 0) is 14.3 Å². The lowest BCUT2D eigenvalue weighted by molar-refractivity contribution is -0.145. The topological polar surface area (TPSA) is 64.6 Å². The molecule has 1 aliphatic rings. The first-order valence-corrected chi connectivity index (χ1v) is 6.91. The van der Waals surface area contributed by atoms with Crippen molar-refractivity contribution in [2.45, 2.75) is 64.5 Å². The lowest BCUT2D eigenvalue weighted by Gasteiger charge is -2.30. The number of carbonyl (C=O) groups is 2. The Kier molecular flexibility index (Phi) is 5.63. The molecule has 5 nitrogen and oxygen atoms in total. The predicted molar refractivity (Wildman–Crippen MR) is 71.7 cm³/mol. The fourth-order valence-corrected chi connectivity index (χ4v) is 2.40. The SMILES string of the molecule is COC(=O)C(NC(=O)OC(C)(C)C)C1CCCCC1. The zero-order chi connectivity index (χ0) is 14.5. The summed E-state index contributed by atoms with van der Waals surface area (Å²) in [7, 11) is 1.34. The van der Waals surface area contributed by atoms with E-state index in [0.717, 1.165) is 25.7 Å². The van der Waals surface area contributed by atoms with E-state index in [9.17, 15) is 9.59 Å². The summed E-state index contributed by atoms with van der Waals surface area (Å²) in [5.74, 6) is -0.244. The van der Waals surface area contributed by atoms with Gasteiger partial charge in [-0.1, -0.05) is 19.3 Å². The highest BCUT2D eigenvalue weighted by Gasteiger charge is 2.32. The molecule has 0 aromatic carbocycles. The van der Waals surface area contributed by atoms with Gasteiger partial charge in [-0.25, -0.2) is 9.59 Å². The Hall–Kier alpha value is -1.26. The van der Waals surface area contributed by atoms with E-state index in [0.29, 0.717) is 0 Å². The van der Waals surface area contributed by atoms with Crippen LogP contribution in [0.15, 0.2) is 0 Å². The standard InChI is InChI=1S/C14H25NO4/c1-14(2,3)19-13(17)15-11(12(16)18-4)10-8-6-5-7-9-10/h10-11H,5-9H2,1-4H3,(H,15,17). The Morgan fingerprint density at radius 1 is 1.16 bits per heavy atom. The summed E-state index contributed by atoms with van der Waals surface area (Å²) in [5, 5.41) is 2.66. The number of carbonyl (C=O) groups excluding carboxylic acids is 2. The maximum absolute atomic E-state index is 11.8. The van der Waals surface area contributed by atoms with Crippen LogP contribution in [0.2, 0.25) is 0 Å². The number of nitrogens with one attached hydrogen (secondary N) is 1. The Morgan fingerprint density at radius 2 is 1.74 bits per heavy atom. The minimum Gasteiger partial charge on any atom is -0.467 e. The van der Waals surface area contributed by atoms with Gasteiger partial charge in [0.1, 0.15) is 11.6 Å². The largest absolute Gasteiger partial charge is 0.467 e. The van der Waals surface area contributed by atoms with E-state index in [1.807, 2.05) is 0 Å². The number of methoxy groups -OCH3 is 1. The molecule has 0 saturated heterocycles. The van der Waals surface area contributed by atoms with Crippen molar-refractivity contribution in [3.63, 3.8) is 0 Å². The molecule has 0 bridgehead atoms. The molecule has 1 aliphatic carbocycles. The lowest BCUT2D eigenvalue weighted by Crippen LogP contribution is -2.48. The lowest BCUT2D eigenvalue weighted by atomic mass is 9.84. The highest BCUT2D eigenvalue weighted by Crippen LogP contribution is 2.27. The van der Waals surface area contributed by atoms with Crippen molar-refractivity contribution in [2.24, 2.45) is 5.92 Å². The van der Waals surface area contributed by atoms with Gasteiger partial charge in [0.05, 0.1) is 7.11 Å². The Labute approximate surface area is 115 Å². The van der Waals surface area contributed by atoms with E-state index in [1.54, 1.807) is 20.8 Å². The number of esters is 1. The molecular weight excluding hydrogens is 246 g/mol. The van der Waals surface area contributed by atoms with E-state index < -0.39 is 23.7 Å². The van der Waals surface area contributed by atoms with Crippen LogP contribution in [0.25, 0.3) is 0 Å². The third kappa shape index (κ3) is 5.49. The first kappa shape index (κ1) is 15.8. The Balaban J connectivity index is 2.64. The van der Waals surface area contributed by atoms with E-state index >= 15 is 0 Å². The molecule has 1 unspecified atom stereocenters. The Morgan fingerprint density at radius 3 is 2.21 bits per heavy atom. The van der Waals surface area contributed by atoms with E-state index in [1.165, 1.54) is 13.5 Å². The normalized spacial score (nSPS) is 18.5. The summed E-state index contributed by atoms with van der Waals surface area (Å²) in [6.45, 7) is 5.38. The summed E-state index contributed by atoms with van der Waals surface area (Å²) in [6, 6.07) is -0.597. The summed E-state index contributed by atoms with van der Waals surface area (Å²) < 4.78 is 9.98. The zero-order valence-electron chi connectivity index (χ0n) is 12.3. The molecule has 0 radical (unpaired) electrons. The Bertz CT molecular complexity index is 316. The van der Waals surface area contributed by atoms with E-state index in [-0.39, 0.29) is 5.92 Å². The van der Waals surface area contributed by atoms with E-state index in [2.05, 4.69) is 5.32 Å². The fraction of sp³-hybridized carbons (Fsp3) is 0.857. The molecule has 0 aliphatic heterocycles. The van der Waals surface area contributed by atoms with Crippen LogP contribution in [0.3, 0.4) is 0 Å². The molecule has 1 amide bonds. The van der Waals surface area contributed by atoms with Crippen LogP contribution in [0.4, 0.5) is 4.79 Å². The molecule has 19 heavy (non-hydrogen) atoms. The van der Waals surface area contributed by atoms with Gasteiger partial charge in [0.2, 0.25) is 0 Å². The second-order valence-electron chi connectivity index (χ2n) is 6.05. The molecule has 0 aromatic rings. The van der Waals surface area contributed by atoms with Crippen LogP contribution in [0.5, 0.6) is 0 Å². The molecule has 0 aromatic heterocycles. The molecule has 1 fully saturated rings. The van der Waals surface area contributed by atoms with Crippen LogP contribution in [-0.4, -0.2) is 30.8 Å². The van der Waals surface area contributed by atoms with Crippen molar-refractivity contribution in [2.75, 3.05) is 7.11 Å². The molecule has 1 rings (SSSR count). The highest BCUT2D eigenvalue weighted by molar-refractivity contribution is 5.81. The van der Waals surface area contributed by atoms with Gasteiger partial charge in [0, 0.05) is 0 Å². The molecule has 110 valence electrons. The van der Waals surface area contributed by atoms with Gasteiger partial charge in [-0.2, -0.15) is 0 Å². The molecule has 0 heterocycles. The molecule has 5 heteroatoms.